The Balaban J connectivity index is 3.85. The molecule has 4 atom stereocenters. The van der Waals surface area contributed by atoms with Gasteiger partial charge in [0.2, 0.25) is 0 Å². The van der Waals surface area contributed by atoms with Crippen molar-refractivity contribution < 1.29 is 0 Å². The molecule has 0 rings (SSSR count). The van der Waals surface area contributed by atoms with Crippen molar-refractivity contribution in [2.45, 2.75) is 125 Å². The molecule has 0 heteroatoms. The van der Waals surface area contributed by atoms with Crippen LogP contribution in [0.2, 0.25) is 0 Å². The lowest BCUT2D eigenvalue weighted by atomic mass is 9.82. The number of rotatable bonds is 16. The predicted molar refractivity (Wildman–Crippen MR) is 108 cm³/mol. The third kappa shape index (κ3) is 14.1. The lowest BCUT2D eigenvalue weighted by Gasteiger charge is -2.24. The SMILES string of the molecule is CCCCCCCC(C)CCC(C)CC(CCC)CC(C)CC. The van der Waals surface area contributed by atoms with E-state index in [0.29, 0.717) is 0 Å². The van der Waals surface area contributed by atoms with E-state index in [2.05, 4.69) is 41.5 Å². The highest BCUT2D eigenvalue weighted by Crippen LogP contribution is 2.29. The van der Waals surface area contributed by atoms with Crippen molar-refractivity contribution >= 4 is 0 Å². The van der Waals surface area contributed by atoms with E-state index in [1.807, 2.05) is 0 Å². The first kappa shape index (κ1) is 23.0. The van der Waals surface area contributed by atoms with Crippen molar-refractivity contribution in [1.82, 2.24) is 0 Å². The van der Waals surface area contributed by atoms with E-state index in [1.54, 1.807) is 0 Å². The third-order valence-electron chi connectivity index (χ3n) is 5.82. The van der Waals surface area contributed by atoms with Crippen LogP contribution in [0.3, 0.4) is 0 Å². The van der Waals surface area contributed by atoms with Gasteiger partial charge in [0.1, 0.15) is 0 Å². The van der Waals surface area contributed by atoms with Crippen LogP contribution in [0.15, 0.2) is 0 Å². The summed E-state index contributed by atoms with van der Waals surface area (Å²) in [7, 11) is 0. The molecular formula is C23H48. The number of hydrogen-bond donors (Lipinski definition) is 0. The summed E-state index contributed by atoms with van der Waals surface area (Å²) in [6.45, 7) is 14.4. The molecule has 0 aromatic carbocycles. The van der Waals surface area contributed by atoms with E-state index in [0.717, 1.165) is 23.7 Å². The average molecular weight is 325 g/mol. The first-order valence-electron chi connectivity index (χ1n) is 11.0. The fourth-order valence-corrected chi connectivity index (χ4v) is 3.97. The van der Waals surface area contributed by atoms with Crippen LogP contribution in [-0.2, 0) is 0 Å². The van der Waals surface area contributed by atoms with Crippen molar-refractivity contribution in [2.24, 2.45) is 23.7 Å². The van der Waals surface area contributed by atoms with Gasteiger partial charge in [0.15, 0.2) is 0 Å². The summed E-state index contributed by atoms with van der Waals surface area (Å²) in [5, 5.41) is 0. The lowest BCUT2D eigenvalue weighted by Crippen LogP contribution is -2.11. The van der Waals surface area contributed by atoms with Gasteiger partial charge in [-0.25, -0.2) is 0 Å². The Kier molecular flexibility index (Phi) is 15.5. The van der Waals surface area contributed by atoms with Crippen LogP contribution in [0.4, 0.5) is 0 Å². The highest BCUT2D eigenvalue weighted by Gasteiger charge is 2.16. The summed E-state index contributed by atoms with van der Waals surface area (Å²) in [6, 6.07) is 0. The Morgan fingerprint density at radius 2 is 1.13 bits per heavy atom. The molecule has 0 aliphatic heterocycles. The van der Waals surface area contributed by atoms with E-state index in [-0.39, 0.29) is 0 Å². The van der Waals surface area contributed by atoms with Gasteiger partial charge >= 0.3 is 0 Å². The van der Waals surface area contributed by atoms with Gasteiger partial charge in [0.25, 0.3) is 0 Å². The summed E-state index contributed by atoms with van der Waals surface area (Å²) in [6.07, 6.45) is 18.6. The minimum atomic E-state index is 0.917. The second-order valence-electron chi connectivity index (χ2n) is 8.63. The summed E-state index contributed by atoms with van der Waals surface area (Å²) in [5.41, 5.74) is 0. The topological polar surface area (TPSA) is 0 Å². The molecule has 140 valence electrons. The lowest BCUT2D eigenvalue weighted by molar-refractivity contribution is 0.281. The zero-order chi connectivity index (χ0) is 17.5. The normalized spacial score (nSPS) is 17.0. The molecule has 0 aliphatic rings. The van der Waals surface area contributed by atoms with Gasteiger partial charge in [0, 0.05) is 0 Å². The molecule has 0 bridgehead atoms. The predicted octanol–water partition coefficient (Wildman–Crippen LogP) is 8.64. The first-order chi connectivity index (χ1) is 11.0. The third-order valence-corrected chi connectivity index (χ3v) is 5.82. The van der Waals surface area contributed by atoms with Crippen molar-refractivity contribution in [1.29, 1.82) is 0 Å². The molecule has 0 spiro atoms. The molecule has 0 aliphatic carbocycles. The van der Waals surface area contributed by atoms with Crippen LogP contribution in [0, 0.1) is 23.7 Å². The average Bonchev–Trinajstić information content (AvgIpc) is 2.52. The highest BCUT2D eigenvalue weighted by molar-refractivity contribution is 4.68. The molecule has 0 nitrogen and oxygen atoms in total. The maximum Gasteiger partial charge on any atom is -0.0409 e. The molecule has 4 unspecified atom stereocenters. The monoisotopic (exact) mass is 324 g/mol. The molecule has 0 saturated heterocycles. The molecule has 0 aromatic heterocycles. The van der Waals surface area contributed by atoms with Crippen molar-refractivity contribution in [3.63, 3.8) is 0 Å². The van der Waals surface area contributed by atoms with E-state index < -0.39 is 0 Å². The van der Waals surface area contributed by atoms with E-state index >= 15 is 0 Å². The molecule has 0 radical (unpaired) electrons. The fraction of sp³-hybridized carbons (Fsp3) is 1.00. The number of unbranched alkanes of at least 4 members (excludes halogenated alkanes) is 4. The van der Waals surface area contributed by atoms with Gasteiger partial charge in [-0.15, -0.1) is 0 Å². The van der Waals surface area contributed by atoms with Crippen LogP contribution in [-0.4, -0.2) is 0 Å². The number of hydrogen-bond acceptors (Lipinski definition) is 0. The molecule has 0 saturated carbocycles. The van der Waals surface area contributed by atoms with Gasteiger partial charge < -0.3 is 0 Å². The van der Waals surface area contributed by atoms with E-state index in [4.69, 9.17) is 0 Å². The van der Waals surface area contributed by atoms with Crippen molar-refractivity contribution in [3.05, 3.63) is 0 Å². The van der Waals surface area contributed by atoms with Crippen LogP contribution in [0.1, 0.15) is 125 Å². The van der Waals surface area contributed by atoms with Crippen LogP contribution in [0.5, 0.6) is 0 Å². The molecule has 0 aromatic rings. The largest absolute Gasteiger partial charge is 0.0654 e. The Labute approximate surface area is 149 Å². The van der Waals surface area contributed by atoms with E-state index in [1.165, 1.54) is 83.5 Å². The minimum Gasteiger partial charge on any atom is -0.0654 e. The smallest absolute Gasteiger partial charge is 0.0409 e. The second kappa shape index (κ2) is 15.5. The summed E-state index contributed by atoms with van der Waals surface area (Å²) in [5.74, 6) is 3.77. The van der Waals surface area contributed by atoms with Crippen LogP contribution < -0.4 is 0 Å². The molecule has 23 heavy (non-hydrogen) atoms. The summed E-state index contributed by atoms with van der Waals surface area (Å²) in [4.78, 5) is 0. The Bertz CT molecular complexity index is 232. The molecule has 0 N–H and O–H groups in total. The maximum atomic E-state index is 2.51. The Hall–Kier alpha value is 0. The van der Waals surface area contributed by atoms with E-state index in [9.17, 15) is 0 Å². The first-order valence-corrected chi connectivity index (χ1v) is 11.0. The van der Waals surface area contributed by atoms with Gasteiger partial charge in [-0.2, -0.15) is 0 Å². The zero-order valence-electron chi connectivity index (χ0n) is 17.5. The second-order valence-corrected chi connectivity index (χ2v) is 8.63. The van der Waals surface area contributed by atoms with Crippen LogP contribution in [0.25, 0.3) is 0 Å². The standard InChI is InChI=1S/C23H48/c1-7-10-11-12-13-15-21(5)16-17-22(6)19-23(14-8-2)18-20(4)9-3/h20-23H,7-19H2,1-6H3. The minimum absolute atomic E-state index is 0.917. The van der Waals surface area contributed by atoms with Gasteiger partial charge in [-0.3, -0.25) is 0 Å². The highest BCUT2D eigenvalue weighted by atomic mass is 14.2. The zero-order valence-corrected chi connectivity index (χ0v) is 17.5. The quantitative estimate of drug-likeness (QED) is 0.249. The Morgan fingerprint density at radius 1 is 0.522 bits per heavy atom. The van der Waals surface area contributed by atoms with Gasteiger partial charge in [0.05, 0.1) is 0 Å². The molecule has 0 amide bonds. The van der Waals surface area contributed by atoms with Crippen molar-refractivity contribution in [3.8, 4) is 0 Å². The van der Waals surface area contributed by atoms with Crippen molar-refractivity contribution in [2.75, 3.05) is 0 Å². The molecule has 0 heterocycles. The molecular weight excluding hydrogens is 276 g/mol. The fourth-order valence-electron chi connectivity index (χ4n) is 3.97. The summed E-state index contributed by atoms with van der Waals surface area (Å²) >= 11 is 0. The van der Waals surface area contributed by atoms with Gasteiger partial charge in [-0.05, 0) is 36.5 Å². The van der Waals surface area contributed by atoms with Gasteiger partial charge in [-0.1, -0.05) is 112 Å². The Morgan fingerprint density at radius 3 is 1.74 bits per heavy atom. The molecule has 0 fully saturated rings. The summed E-state index contributed by atoms with van der Waals surface area (Å²) < 4.78 is 0. The van der Waals surface area contributed by atoms with Crippen LogP contribution >= 0.6 is 0 Å². The maximum absolute atomic E-state index is 2.51.